The highest BCUT2D eigenvalue weighted by atomic mass is 35.5. The van der Waals surface area contributed by atoms with E-state index in [1.807, 2.05) is 0 Å². The van der Waals surface area contributed by atoms with Gasteiger partial charge in [-0.05, 0) is 128 Å². The first-order valence-electron chi connectivity index (χ1n) is 29.9. The van der Waals surface area contributed by atoms with Crippen LogP contribution in [0.3, 0.4) is 0 Å². The Morgan fingerprint density at radius 2 is 0.725 bits per heavy atom. The Kier molecular flexibility index (Phi) is 55.2. The number of hydrogen-bond donors (Lipinski definition) is 1. The second-order valence-corrected chi connectivity index (χ2v) is 21.5. The van der Waals surface area contributed by atoms with Crippen molar-refractivity contribution < 1.29 is 26.5 Å². The molecule has 0 spiro atoms. The number of allylic oxidation sites excluding steroid dienone is 10. The molecule has 0 saturated heterocycles. The lowest BCUT2D eigenvalue weighted by Gasteiger charge is -2.29. The minimum atomic E-state index is -0.410. The fourth-order valence-corrected chi connectivity index (χ4v) is 8.95. The van der Waals surface area contributed by atoms with E-state index in [4.69, 9.17) is 0 Å². The van der Waals surface area contributed by atoms with Gasteiger partial charge >= 0.3 is 0 Å². The number of unbranched alkanes of at least 4 members (excludes halogenated alkanes) is 30. The average Bonchev–Trinajstić information content (AvgIpc) is 3.32. The zero-order chi connectivity index (χ0) is 49.7. The average molecular weight is 985 g/mol. The number of hydrogen-bond acceptors (Lipinski definition) is 2. The lowest BCUT2D eigenvalue weighted by Crippen LogP contribution is -3.00. The molecule has 404 valence electrons. The zero-order valence-electron chi connectivity index (χ0n) is 47.1. The number of nitrogens with one attached hydrogen (secondary N) is 1. The normalized spacial score (nSPS) is 12.7. The van der Waals surface area contributed by atoms with Gasteiger partial charge in [0.25, 0.3) is 0 Å². The summed E-state index contributed by atoms with van der Waals surface area (Å²) < 4.78 is 0.924. The summed E-state index contributed by atoms with van der Waals surface area (Å²) in [4.78, 5) is 30.0. The maximum absolute atomic E-state index is 14.4. The molecule has 0 bridgehead atoms. The topological polar surface area (TPSA) is 49.4 Å². The SMILES string of the molecule is CCCCC/C=C\C/C=C\CCCCCCCCN(CCCCCCCC/C=C\C/C=C\CCCCC)C(=O)[C@H](CCCC[N+](C)(C)C)NC(=O)CCCCCCC/C=C\CCCCCCCC.[Cl-]. The van der Waals surface area contributed by atoms with E-state index in [1.165, 1.54) is 199 Å². The van der Waals surface area contributed by atoms with Crippen molar-refractivity contribution in [2.24, 2.45) is 0 Å². The van der Waals surface area contributed by atoms with E-state index in [0.29, 0.717) is 6.42 Å². The molecule has 1 atom stereocenters. The molecule has 0 aromatic carbocycles. The Bertz CT molecular complexity index is 1180. The van der Waals surface area contributed by atoms with Gasteiger partial charge in [-0.25, -0.2) is 0 Å². The first-order chi connectivity index (χ1) is 33.2. The van der Waals surface area contributed by atoms with E-state index < -0.39 is 6.04 Å². The molecule has 1 N–H and O–H groups in total. The predicted octanol–water partition coefficient (Wildman–Crippen LogP) is 15.8. The van der Waals surface area contributed by atoms with E-state index in [1.54, 1.807) is 0 Å². The third kappa shape index (κ3) is 53.5. The summed E-state index contributed by atoms with van der Waals surface area (Å²) in [6, 6.07) is -0.410. The molecular formula is C63H118ClN3O2. The van der Waals surface area contributed by atoms with E-state index >= 15 is 0 Å². The lowest BCUT2D eigenvalue weighted by molar-refractivity contribution is -0.870. The van der Waals surface area contributed by atoms with Crippen molar-refractivity contribution >= 4 is 11.8 Å². The summed E-state index contributed by atoms with van der Waals surface area (Å²) in [7, 11) is 6.71. The third-order valence-electron chi connectivity index (χ3n) is 13.4. The Labute approximate surface area is 438 Å². The molecule has 0 aromatic rings. The Hall–Kier alpha value is -2.11. The summed E-state index contributed by atoms with van der Waals surface area (Å²) in [6.07, 6.45) is 72.4. The van der Waals surface area contributed by atoms with Crippen molar-refractivity contribution in [1.29, 1.82) is 0 Å². The molecule has 0 radical (unpaired) electrons. The molecule has 0 aliphatic heterocycles. The van der Waals surface area contributed by atoms with E-state index in [2.05, 4.69) is 113 Å². The van der Waals surface area contributed by atoms with Gasteiger partial charge in [0.2, 0.25) is 11.8 Å². The second kappa shape index (κ2) is 55.2. The van der Waals surface area contributed by atoms with Gasteiger partial charge in [0.15, 0.2) is 0 Å². The van der Waals surface area contributed by atoms with Gasteiger partial charge in [-0.1, -0.05) is 210 Å². The minimum Gasteiger partial charge on any atom is -1.00 e. The fourth-order valence-electron chi connectivity index (χ4n) is 8.95. The molecule has 0 rings (SSSR count). The van der Waals surface area contributed by atoms with Crippen molar-refractivity contribution in [2.45, 2.75) is 290 Å². The van der Waals surface area contributed by atoms with Crippen LogP contribution in [0.4, 0.5) is 0 Å². The largest absolute Gasteiger partial charge is 1.00 e. The van der Waals surface area contributed by atoms with Crippen LogP contribution < -0.4 is 17.7 Å². The number of nitrogens with zero attached hydrogens (tertiary/aromatic N) is 2. The molecule has 69 heavy (non-hydrogen) atoms. The summed E-state index contributed by atoms with van der Waals surface area (Å²) in [5.41, 5.74) is 0. The van der Waals surface area contributed by atoms with E-state index in [0.717, 1.165) is 81.9 Å². The van der Waals surface area contributed by atoms with Gasteiger partial charge < -0.3 is 27.1 Å². The zero-order valence-corrected chi connectivity index (χ0v) is 47.8. The van der Waals surface area contributed by atoms with Crippen LogP contribution in [0.5, 0.6) is 0 Å². The maximum atomic E-state index is 14.4. The van der Waals surface area contributed by atoms with Gasteiger partial charge in [0.1, 0.15) is 6.04 Å². The van der Waals surface area contributed by atoms with Crippen LogP contribution in [-0.2, 0) is 9.59 Å². The highest BCUT2D eigenvalue weighted by Crippen LogP contribution is 2.16. The monoisotopic (exact) mass is 984 g/mol. The number of carbonyl (C=O) groups excluding carboxylic acids is 2. The molecule has 0 saturated carbocycles. The molecule has 0 aliphatic carbocycles. The molecule has 0 aliphatic rings. The second-order valence-electron chi connectivity index (χ2n) is 21.5. The Morgan fingerprint density at radius 3 is 1.12 bits per heavy atom. The number of carbonyl (C=O) groups is 2. The van der Waals surface area contributed by atoms with Crippen LogP contribution in [0, 0.1) is 0 Å². The van der Waals surface area contributed by atoms with Crippen LogP contribution in [0.2, 0.25) is 0 Å². The molecule has 0 aromatic heterocycles. The van der Waals surface area contributed by atoms with Crippen LogP contribution >= 0.6 is 0 Å². The predicted molar refractivity (Wildman–Crippen MR) is 303 cm³/mol. The molecule has 6 heteroatoms. The standard InChI is InChI=1S/C63H117N3O2.ClH/c1-7-10-13-16-19-22-25-28-31-34-37-40-43-46-49-53-58-65(59-54-50-47-44-41-38-35-32-29-26-23-20-17-14-11-8-2)63(68)61(56-52-55-60-66(4,5)6)64-62(67)57-51-48-45-42-39-36-33-30-27-24-21-18-15-12-9-3;/h19-20,22-23,28-33,61H,7-18,21,24-27,34-60H2,1-6H3;1H/b22-19-,23-20-,31-28-,32-29-,33-30-;/t61-;/m0./s1. The number of halogens is 1. The number of rotatable bonds is 52. The third-order valence-corrected chi connectivity index (χ3v) is 13.4. The fraction of sp³-hybridized carbons (Fsp3) is 0.810. The smallest absolute Gasteiger partial charge is 0.245 e. The van der Waals surface area contributed by atoms with E-state index in [9.17, 15) is 9.59 Å². The van der Waals surface area contributed by atoms with Crippen LogP contribution in [-0.4, -0.2) is 68.0 Å². The molecule has 0 unspecified atom stereocenters. The van der Waals surface area contributed by atoms with Crippen molar-refractivity contribution in [3.8, 4) is 0 Å². The first-order valence-corrected chi connectivity index (χ1v) is 29.9. The van der Waals surface area contributed by atoms with Gasteiger partial charge in [0, 0.05) is 19.5 Å². The summed E-state index contributed by atoms with van der Waals surface area (Å²) in [5.74, 6) is 0.230. The summed E-state index contributed by atoms with van der Waals surface area (Å²) in [5, 5.41) is 3.29. The Morgan fingerprint density at radius 1 is 0.406 bits per heavy atom. The quantitative estimate of drug-likeness (QED) is 0.0375. The summed E-state index contributed by atoms with van der Waals surface area (Å²) >= 11 is 0. The molecule has 0 heterocycles. The highest BCUT2D eigenvalue weighted by Gasteiger charge is 2.25. The lowest BCUT2D eigenvalue weighted by atomic mass is 10.0. The molecule has 5 nitrogen and oxygen atoms in total. The summed E-state index contributed by atoms with van der Waals surface area (Å²) in [6.45, 7) is 9.51. The van der Waals surface area contributed by atoms with Crippen molar-refractivity contribution in [3.05, 3.63) is 60.8 Å². The van der Waals surface area contributed by atoms with Gasteiger partial charge in [-0.2, -0.15) is 0 Å². The highest BCUT2D eigenvalue weighted by molar-refractivity contribution is 5.87. The number of amides is 2. The molecular weight excluding hydrogens is 866 g/mol. The van der Waals surface area contributed by atoms with Crippen molar-refractivity contribution in [1.82, 2.24) is 10.2 Å². The van der Waals surface area contributed by atoms with Crippen molar-refractivity contribution in [3.63, 3.8) is 0 Å². The van der Waals surface area contributed by atoms with Crippen LogP contribution in [0.15, 0.2) is 60.8 Å². The van der Waals surface area contributed by atoms with Crippen LogP contribution in [0.25, 0.3) is 0 Å². The number of quaternary nitrogens is 1. The van der Waals surface area contributed by atoms with Gasteiger partial charge in [-0.3, -0.25) is 9.59 Å². The first kappa shape index (κ1) is 69.0. The Balaban J connectivity index is 0. The molecule has 2 amide bonds. The van der Waals surface area contributed by atoms with Gasteiger partial charge in [-0.15, -0.1) is 0 Å². The minimum absolute atomic E-state index is 0. The van der Waals surface area contributed by atoms with Gasteiger partial charge in [0.05, 0.1) is 27.7 Å². The van der Waals surface area contributed by atoms with E-state index in [-0.39, 0.29) is 24.2 Å². The maximum Gasteiger partial charge on any atom is 0.245 e. The van der Waals surface area contributed by atoms with Crippen LogP contribution in [0.1, 0.15) is 284 Å². The molecule has 0 fully saturated rings. The van der Waals surface area contributed by atoms with Crippen molar-refractivity contribution in [2.75, 3.05) is 40.8 Å².